The molecule has 15 nitrogen and oxygen atoms in total. The summed E-state index contributed by atoms with van der Waals surface area (Å²) in [6.07, 6.45) is 9.10. The first-order chi connectivity index (χ1) is 27.2. The summed E-state index contributed by atoms with van der Waals surface area (Å²) >= 11 is 0. The van der Waals surface area contributed by atoms with Crippen LogP contribution in [0.5, 0.6) is 0 Å². The predicted octanol–water partition coefficient (Wildman–Crippen LogP) is 5.57. The second-order valence-corrected chi connectivity index (χ2v) is 14.0. The number of likely N-dealkylation sites (tertiary alicyclic amines) is 2. The SMILES string of the molecule is COC(=O)N[C@@H](C)C(=O)N1CCC[C@H]1c1ncc(-c2ccc(-c3ccc(-c4cnc([C@@H]5CCCN5C(=O)[C@H](Cc5cccnc5)NC(=O)OC)[nH]4)cc3)cc2)[nH]1. The lowest BCUT2D eigenvalue weighted by Gasteiger charge is -2.28. The van der Waals surface area contributed by atoms with E-state index >= 15 is 0 Å². The highest BCUT2D eigenvalue weighted by molar-refractivity contribution is 5.87. The zero-order valence-electron chi connectivity index (χ0n) is 31.5. The third-order valence-electron chi connectivity index (χ3n) is 10.4. The Bertz CT molecular complexity index is 2150. The van der Waals surface area contributed by atoms with Crippen molar-refractivity contribution in [1.82, 2.24) is 45.4 Å². The summed E-state index contributed by atoms with van der Waals surface area (Å²) in [5.41, 5.74) is 6.54. The van der Waals surface area contributed by atoms with Gasteiger partial charge in [-0.2, -0.15) is 0 Å². The first kappa shape index (κ1) is 37.8. The molecule has 0 radical (unpaired) electrons. The molecule has 2 fully saturated rings. The van der Waals surface area contributed by atoms with E-state index in [0.717, 1.165) is 64.9 Å². The molecule has 15 heteroatoms. The van der Waals surface area contributed by atoms with Crippen molar-refractivity contribution >= 4 is 24.0 Å². The number of benzene rings is 2. The topological polar surface area (TPSA) is 188 Å². The number of amides is 4. The number of carbonyl (C=O) groups excluding carboxylic acids is 4. The molecule has 0 saturated carbocycles. The number of alkyl carbamates (subject to hydrolysis) is 2. The molecule has 2 aromatic carbocycles. The van der Waals surface area contributed by atoms with Crippen LogP contribution < -0.4 is 10.6 Å². The number of imidazole rings is 2. The summed E-state index contributed by atoms with van der Waals surface area (Å²) in [6.45, 7) is 2.79. The fraction of sp³-hybridized carbons (Fsp3) is 0.341. The fourth-order valence-corrected chi connectivity index (χ4v) is 7.52. The minimum absolute atomic E-state index is 0.177. The number of rotatable bonds is 11. The van der Waals surface area contributed by atoms with Crippen LogP contribution >= 0.6 is 0 Å². The summed E-state index contributed by atoms with van der Waals surface area (Å²) in [5.74, 6) is 1.04. The number of carbonyl (C=O) groups is 4. The van der Waals surface area contributed by atoms with Crippen LogP contribution in [0.2, 0.25) is 0 Å². The molecule has 7 rings (SSSR count). The van der Waals surface area contributed by atoms with Gasteiger partial charge in [-0.25, -0.2) is 19.6 Å². The van der Waals surface area contributed by atoms with E-state index in [0.29, 0.717) is 24.7 Å². The molecule has 2 aliphatic rings. The summed E-state index contributed by atoms with van der Waals surface area (Å²) in [4.78, 5) is 74.6. The van der Waals surface area contributed by atoms with Crippen molar-refractivity contribution in [2.75, 3.05) is 27.3 Å². The first-order valence-corrected chi connectivity index (χ1v) is 18.7. The lowest BCUT2D eigenvalue weighted by atomic mass is 10.0. The molecular formula is C41H45N9O6. The zero-order chi connectivity index (χ0) is 39.2. The number of hydrogen-bond acceptors (Lipinski definition) is 9. The van der Waals surface area contributed by atoms with Crippen molar-refractivity contribution in [1.29, 1.82) is 0 Å². The van der Waals surface area contributed by atoms with E-state index in [-0.39, 0.29) is 30.3 Å². The van der Waals surface area contributed by atoms with Gasteiger partial charge in [0.15, 0.2) is 0 Å². The number of pyridine rings is 1. The highest BCUT2D eigenvalue weighted by Gasteiger charge is 2.37. The molecule has 0 spiro atoms. The number of hydrogen-bond donors (Lipinski definition) is 4. The smallest absolute Gasteiger partial charge is 0.407 e. The minimum atomic E-state index is -0.812. The third-order valence-corrected chi connectivity index (χ3v) is 10.4. The Kier molecular flexibility index (Phi) is 11.4. The first-order valence-electron chi connectivity index (χ1n) is 18.7. The quantitative estimate of drug-likeness (QED) is 0.134. The predicted molar refractivity (Wildman–Crippen MR) is 207 cm³/mol. The number of aromatic nitrogens is 5. The van der Waals surface area contributed by atoms with Crippen LogP contribution in [0, 0.1) is 0 Å². The average molecular weight is 760 g/mol. The fourth-order valence-electron chi connectivity index (χ4n) is 7.52. The second kappa shape index (κ2) is 16.9. The molecule has 2 saturated heterocycles. The van der Waals surface area contributed by atoms with Crippen molar-refractivity contribution in [2.45, 2.75) is 63.2 Å². The van der Waals surface area contributed by atoms with Crippen LogP contribution in [0.15, 0.2) is 85.5 Å². The molecule has 4 N–H and O–H groups in total. The monoisotopic (exact) mass is 759 g/mol. The van der Waals surface area contributed by atoms with E-state index in [1.54, 1.807) is 47.6 Å². The normalized spacial score (nSPS) is 17.6. The van der Waals surface area contributed by atoms with Gasteiger partial charge in [0.1, 0.15) is 23.7 Å². The number of aromatic amines is 2. The van der Waals surface area contributed by atoms with Crippen LogP contribution in [0.25, 0.3) is 33.6 Å². The Labute approximate surface area is 324 Å². The maximum Gasteiger partial charge on any atom is 0.407 e. The van der Waals surface area contributed by atoms with E-state index < -0.39 is 24.3 Å². The van der Waals surface area contributed by atoms with Gasteiger partial charge in [-0.1, -0.05) is 54.6 Å². The molecule has 4 amide bonds. The van der Waals surface area contributed by atoms with Gasteiger partial charge in [-0.15, -0.1) is 0 Å². The van der Waals surface area contributed by atoms with Crippen molar-refractivity contribution in [3.05, 3.63) is 103 Å². The Balaban J connectivity index is 0.996. The van der Waals surface area contributed by atoms with Gasteiger partial charge in [0, 0.05) is 31.9 Å². The summed E-state index contributed by atoms with van der Waals surface area (Å²) in [7, 11) is 2.55. The van der Waals surface area contributed by atoms with E-state index in [2.05, 4.69) is 64.6 Å². The van der Waals surface area contributed by atoms with E-state index in [1.807, 2.05) is 30.3 Å². The summed E-state index contributed by atoms with van der Waals surface area (Å²) in [6, 6.07) is 18.1. The van der Waals surface area contributed by atoms with Gasteiger partial charge in [0.25, 0.3) is 0 Å². The molecule has 290 valence electrons. The van der Waals surface area contributed by atoms with Crippen LogP contribution in [-0.4, -0.2) is 98.1 Å². The molecule has 0 bridgehead atoms. The maximum atomic E-state index is 13.8. The van der Waals surface area contributed by atoms with E-state index in [1.165, 1.54) is 14.2 Å². The molecule has 56 heavy (non-hydrogen) atoms. The second-order valence-electron chi connectivity index (χ2n) is 14.0. The van der Waals surface area contributed by atoms with Crippen LogP contribution in [0.1, 0.15) is 61.9 Å². The number of nitrogens with one attached hydrogen (secondary N) is 4. The average Bonchev–Trinajstić information content (AvgIpc) is 4.07. The Hall–Kier alpha value is -6.51. The van der Waals surface area contributed by atoms with Crippen LogP contribution in [-0.2, 0) is 25.5 Å². The number of methoxy groups -OCH3 is 2. The molecular weight excluding hydrogens is 715 g/mol. The number of nitrogens with zero attached hydrogens (tertiary/aromatic N) is 5. The van der Waals surface area contributed by atoms with Crippen molar-refractivity contribution in [3.63, 3.8) is 0 Å². The molecule has 2 aliphatic heterocycles. The van der Waals surface area contributed by atoms with E-state index in [4.69, 9.17) is 4.74 Å². The number of H-pyrrole nitrogens is 2. The van der Waals surface area contributed by atoms with Crippen molar-refractivity contribution in [3.8, 4) is 33.6 Å². The molecule has 3 aromatic heterocycles. The third kappa shape index (κ3) is 8.26. The van der Waals surface area contributed by atoms with E-state index in [9.17, 15) is 19.2 Å². The zero-order valence-corrected chi connectivity index (χ0v) is 31.5. The Morgan fingerprint density at radius 1 is 0.714 bits per heavy atom. The van der Waals surface area contributed by atoms with Crippen LogP contribution in [0.4, 0.5) is 9.59 Å². The highest BCUT2D eigenvalue weighted by Crippen LogP contribution is 2.34. The van der Waals surface area contributed by atoms with Crippen molar-refractivity contribution < 1.29 is 28.7 Å². The lowest BCUT2D eigenvalue weighted by molar-refractivity contribution is -0.134. The number of ether oxygens (including phenoxy) is 2. The molecule has 0 unspecified atom stereocenters. The Morgan fingerprint density at radius 2 is 1.21 bits per heavy atom. The van der Waals surface area contributed by atoms with Gasteiger partial charge >= 0.3 is 12.2 Å². The van der Waals surface area contributed by atoms with Gasteiger partial charge in [-0.05, 0) is 66.5 Å². The standard InChI is InChI=1S/C41H45N9O6/c1-25(45-40(53)55-2)38(51)49-19-5-8-34(49)36-43-23-32(46-36)29-14-10-27(11-15-29)28-12-16-30(17-13-28)33-24-44-37(47-33)35-9-6-20-50(35)39(52)31(48-41(54)56-3)21-26-7-4-18-42-22-26/h4,7,10-18,22-25,31,34-35H,5-6,8-9,19-21H2,1-3H3,(H,43,46)(H,44,47)(H,45,53)(H,48,54)/t25-,31-,34-,35-/m0/s1. The Morgan fingerprint density at radius 3 is 1.71 bits per heavy atom. The summed E-state index contributed by atoms with van der Waals surface area (Å²) in [5, 5.41) is 5.27. The molecule has 5 heterocycles. The van der Waals surface area contributed by atoms with Crippen molar-refractivity contribution in [2.24, 2.45) is 0 Å². The van der Waals surface area contributed by atoms with Gasteiger partial charge < -0.3 is 39.9 Å². The van der Waals surface area contributed by atoms with Gasteiger partial charge in [-0.3, -0.25) is 14.6 Å². The molecule has 5 aromatic rings. The minimum Gasteiger partial charge on any atom is -0.453 e. The largest absolute Gasteiger partial charge is 0.453 e. The highest BCUT2D eigenvalue weighted by atomic mass is 16.5. The van der Waals surface area contributed by atoms with Gasteiger partial charge in [0.2, 0.25) is 11.8 Å². The van der Waals surface area contributed by atoms with Gasteiger partial charge in [0.05, 0.1) is 50.1 Å². The molecule has 0 aliphatic carbocycles. The summed E-state index contributed by atoms with van der Waals surface area (Å²) < 4.78 is 9.46. The molecule has 4 atom stereocenters. The maximum absolute atomic E-state index is 13.8. The lowest BCUT2D eigenvalue weighted by Crippen LogP contribution is -2.49. The van der Waals surface area contributed by atoms with Crippen LogP contribution in [0.3, 0.4) is 0 Å².